The van der Waals surface area contributed by atoms with E-state index in [0.717, 1.165) is 41.4 Å². The van der Waals surface area contributed by atoms with Gasteiger partial charge in [-0.1, -0.05) is 18.2 Å². The van der Waals surface area contributed by atoms with E-state index in [1.54, 1.807) is 32.0 Å². The van der Waals surface area contributed by atoms with Crippen LogP contribution in [0.1, 0.15) is 30.8 Å². The fourth-order valence-corrected chi connectivity index (χ4v) is 4.62. The van der Waals surface area contributed by atoms with Gasteiger partial charge in [0.25, 0.3) is 5.56 Å². The Morgan fingerprint density at radius 3 is 2.20 bits per heavy atom. The lowest BCUT2D eigenvalue weighted by molar-refractivity contribution is 0.242. The van der Waals surface area contributed by atoms with Crippen LogP contribution in [0, 0.1) is 0 Å². The van der Waals surface area contributed by atoms with Crippen LogP contribution in [0.4, 0.5) is 0 Å². The summed E-state index contributed by atoms with van der Waals surface area (Å²) in [4.78, 5) is 21.0. The van der Waals surface area contributed by atoms with Gasteiger partial charge in [0.1, 0.15) is 17.3 Å². The molecule has 0 aliphatic heterocycles. The molecule has 0 saturated carbocycles. The Labute approximate surface area is 236 Å². The average Bonchev–Trinajstić information content (AvgIpc) is 2.96. The molecule has 0 spiro atoms. The minimum atomic E-state index is -0.0593. The zero-order valence-electron chi connectivity index (χ0n) is 24.3. The molecule has 4 aromatic rings. The van der Waals surface area contributed by atoms with E-state index >= 15 is 0 Å². The van der Waals surface area contributed by atoms with E-state index in [-0.39, 0.29) is 11.7 Å². The van der Waals surface area contributed by atoms with Gasteiger partial charge in [-0.15, -0.1) is 0 Å². The molecule has 0 radical (unpaired) electrons. The van der Waals surface area contributed by atoms with Crippen LogP contribution in [-0.4, -0.2) is 62.0 Å². The Morgan fingerprint density at radius 2 is 1.52 bits per heavy atom. The lowest BCUT2D eigenvalue weighted by Crippen LogP contribution is -2.32. The number of hydrogen-bond donors (Lipinski definition) is 0. The summed E-state index contributed by atoms with van der Waals surface area (Å²) in [6, 6.07) is 19.4. The first-order valence-electron chi connectivity index (χ1n) is 13.5. The van der Waals surface area contributed by atoms with Gasteiger partial charge < -0.3 is 23.8 Å². The second-order valence-electron chi connectivity index (χ2n) is 10.1. The molecule has 0 atom stereocenters. The highest BCUT2D eigenvalue weighted by atomic mass is 16.5. The fourth-order valence-electron chi connectivity index (χ4n) is 4.62. The van der Waals surface area contributed by atoms with E-state index < -0.39 is 0 Å². The van der Waals surface area contributed by atoms with Gasteiger partial charge in [0, 0.05) is 26.1 Å². The number of likely N-dealkylation sites (N-methyl/N-ethyl adjacent to an activating group) is 1. The summed E-state index contributed by atoms with van der Waals surface area (Å²) in [6.45, 7) is 5.97. The van der Waals surface area contributed by atoms with Gasteiger partial charge in [0.05, 0.1) is 38.3 Å². The normalized spacial score (nSPS) is 11.3. The summed E-state index contributed by atoms with van der Waals surface area (Å²) < 4.78 is 23.8. The molecule has 0 saturated heterocycles. The summed E-state index contributed by atoms with van der Waals surface area (Å²) >= 11 is 0. The quantitative estimate of drug-likeness (QED) is 0.235. The molecule has 0 N–H and O–H groups in total. The van der Waals surface area contributed by atoms with E-state index in [9.17, 15) is 4.79 Å². The zero-order chi connectivity index (χ0) is 28.6. The van der Waals surface area contributed by atoms with Crippen molar-refractivity contribution in [3.8, 4) is 23.0 Å². The first-order valence-corrected chi connectivity index (χ1v) is 13.5. The molecule has 1 heterocycles. The van der Waals surface area contributed by atoms with Crippen molar-refractivity contribution in [2.75, 3.05) is 41.5 Å². The Kier molecular flexibility index (Phi) is 9.66. The Bertz CT molecular complexity index is 1480. The van der Waals surface area contributed by atoms with Crippen LogP contribution in [0.2, 0.25) is 0 Å². The SMILES string of the molecule is COc1ccc(Cc2nc3ccc(OC(C)C)cc3c(=O)n2CCN(C)CCc2ccc(OC)c(OC)c2)cc1. The smallest absolute Gasteiger partial charge is 0.261 e. The van der Waals surface area contributed by atoms with Crippen molar-refractivity contribution in [2.45, 2.75) is 39.3 Å². The predicted molar refractivity (Wildman–Crippen MR) is 158 cm³/mol. The predicted octanol–water partition coefficient (Wildman–Crippen LogP) is 4.97. The molecule has 0 unspecified atom stereocenters. The van der Waals surface area contributed by atoms with Crippen molar-refractivity contribution < 1.29 is 18.9 Å². The number of methoxy groups -OCH3 is 3. The molecule has 4 rings (SSSR count). The zero-order valence-corrected chi connectivity index (χ0v) is 24.3. The van der Waals surface area contributed by atoms with Gasteiger partial charge in [0.2, 0.25) is 0 Å². The first kappa shape index (κ1) is 29.0. The summed E-state index contributed by atoms with van der Waals surface area (Å²) in [5, 5.41) is 0.560. The summed E-state index contributed by atoms with van der Waals surface area (Å²) in [6.07, 6.45) is 1.40. The van der Waals surface area contributed by atoms with Crippen LogP contribution < -0.4 is 24.5 Å². The average molecular weight is 546 g/mol. The molecular weight excluding hydrogens is 506 g/mol. The van der Waals surface area contributed by atoms with Crippen molar-refractivity contribution in [3.63, 3.8) is 0 Å². The summed E-state index contributed by atoms with van der Waals surface area (Å²) in [5.41, 5.74) is 2.83. The Hall–Kier alpha value is -4.04. The molecule has 8 heteroatoms. The number of hydrogen-bond acceptors (Lipinski definition) is 7. The van der Waals surface area contributed by atoms with Crippen molar-refractivity contribution in [2.24, 2.45) is 0 Å². The molecule has 40 heavy (non-hydrogen) atoms. The van der Waals surface area contributed by atoms with Gasteiger partial charge in [-0.05, 0) is 80.9 Å². The number of fused-ring (bicyclic) bond motifs is 1. The number of nitrogens with zero attached hydrogens (tertiary/aromatic N) is 3. The standard InChI is InChI=1S/C32H39N3O5/c1-22(2)40-26-12-13-28-27(21-26)32(36)35(31(33-28)20-23-7-10-25(37-4)11-8-23)18-17-34(3)16-15-24-9-14-29(38-5)30(19-24)39-6/h7-14,19,21-22H,15-18,20H2,1-6H3. The van der Waals surface area contributed by atoms with Crippen molar-refractivity contribution in [1.82, 2.24) is 14.5 Å². The maximum Gasteiger partial charge on any atom is 0.261 e. The summed E-state index contributed by atoms with van der Waals surface area (Å²) in [7, 11) is 6.99. The van der Waals surface area contributed by atoms with Crippen LogP contribution in [0.25, 0.3) is 10.9 Å². The third-order valence-electron chi connectivity index (χ3n) is 6.83. The molecule has 0 amide bonds. The molecule has 0 fully saturated rings. The Balaban J connectivity index is 1.56. The fraction of sp³-hybridized carbons (Fsp3) is 0.375. The number of rotatable bonds is 13. The first-order chi connectivity index (χ1) is 19.3. The highest BCUT2D eigenvalue weighted by molar-refractivity contribution is 5.79. The molecule has 0 aliphatic carbocycles. The Morgan fingerprint density at radius 1 is 0.825 bits per heavy atom. The number of aromatic nitrogens is 2. The van der Waals surface area contributed by atoms with Crippen molar-refractivity contribution >= 4 is 10.9 Å². The van der Waals surface area contributed by atoms with Gasteiger partial charge in [-0.3, -0.25) is 9.36 Å². The monoisotopic (exact) mass is 545 g/mol. The van der Waals surface area contributed by atoms with Crippen molar-refractivity contribution in [1.29, 1.82) is 0 Å². The van der Waals surface area contributed by atoms with Gasteiger partial charge in [-0.25, -0.2) is 4.98 Å². The summed E-state index contributed by atoms with van der Waals surface area (Å²) in [5.74, 6) is 3.63. The van der Waals surface area contributed by atoms with Crippen LogP contribution in [0.15, 0.2) is 65.5 Å². The van der Waals surface area contributed by atoms with E-state index in [4.69, 9.17) is 23.9 Å². The van der Waals surface area contributed by atoms with Crippen LogP contribution in [-0.2, 0) is 19.4 Å². The second kappa shape index (κ2) is 13.3. The largest absolute Gasteiger partial charge is 0.497 e. The molecule has 1 aromatic heterocycles. The highest BCUT2D eigenvalue weighted by Gasteiger charge is 2.14. The number of benzene rings is 3. The van der Waals surface area contributed by atoms with Gasteiger partial charge >= 0.3 is 0 Å². The maximum absolute atomic E-state index is 13.8. The minimum Gasteiger partial charge on any atom is -0.497 e. The van der Waals surface area contributed by atoms with E-state index in [1.807, 2.05) is 62.4 Å². The highest BCUT2D eigenvalue weighted by Crippen LogP contribution is 2.27. The van der Waals surface area contributed by atoms with E-state index in [2.05, 4.69) is 18.0 Å². The van der Waals surface area contributed by atoms with Gasteiger partial charge in [0.15, 0.2) is 11.5 Å². The lowest BCUT2D eigenvalue weighted by Gasteiger charge is -2.20. The maximum atomic E-state index is 13.8. The van der Waals surface area contributed by atoms with E-state index in [0.29, 0.717) is 41.9 Å². The molecule has 8 nitrogen and oxygen atoms in total. The van der Waals surface area contributed by atoms with E-state index in [1.165, 1.54) is 0 Å². The van der Waals surface area contributed by atoms with Gasteiger partial charge in [-0.2, -0.15) is 0 Å². The second-order valence-corrected chi connectivity index (χ2v) is 10.1. The minimum absolute atomic E-state index is 0.0151. The molecule has 0 aliphatic rings. The molecule has 0 bridgehead atoms. The molecule has 212 valence electrons. The third-order valence-corrected chi connectivity index (χ3v) is 6.83. The van der Waals surface area contributed by atoms with Crippen LogP contribution >= 0.6 is 0 Å². The van der Waals surface area contributed by atoms with Crippen LogP contribution in [0.3, 0.4) is 0 Å². The topological polar surface area (TPSA) is 75.1 Å². The third kappa shape index (κ3) is 7.12. The number of ether oxygens (including phenoxy) is 4. The van der Waals surface area contributed by atoms with Crippen molar-refractivity contribution in [3.05, 3.63) is 88.0 Å². The molecule has 3 aromatic carbocycles. The molecular formula is C32H39N3O5. The van der Waals surface area contributed by atoms with Crippen LogP contribution in [0.5, 0.6) is 23.0 Å². The lowest BCUT2D eigenvalue weighted by atomic mass is 10.1.